The van der Waals surface area contributed by atoms with E-state index in [9.17, 15) is 0 Å². The van der Waals surface area contributed by atoms with Crippen molar-refractivity contribution in [1.29, 1.82) is 0 Å². The van der Waals surface area contributed by atoms with Crippen LogP contribution in [0.2, 0.25) is 0 Å². The first-order valence-electron chi connectivity index (χ1n) is 6.99. The normalized spacial score (nSPS) is 18.8. The lowest BCUT2D eigenvalue weighted by Gasteiger charge is -2.27. The van der Waals surface area contributed by atoms with E-state index in [4.69, 9.17) is 4.74 Å². The van der Waals surface area contributed by atoms with Gasteiger partial charge in [0.2, 0.25) is 0 Å². The molecule has 1 aliphatic carbocycles. The van der Waals surface area contributed by atoms with Crippen molar-refractivity contribution in [2.45, 2.75) is 51.8 Å². The van der Waals surface area contributed by atoms with Crippen molar-refractivity contribution in [3.05, 3.63) is 11.9 Å². The Morgan fingerprint density at radius 2 is 2.28 bits per heavy atom. The predicted molar refractivity (Wildman–Crippen MR) is 70.3 cm³/mol. The summed E-state index contributed by atoms with van der Waals surface area (Å²) < 4.78 is 7.94. The van der Waals surface area contributed by atoms with E-state index in [-0.39, 0.29) is 12.1 Å². The number of hydrogen-bond donors (Lipinski definition) is 1. The lowest BCUT2D eigenvalue weighted by atomic mass is 10.0. The minimum absolute atomic E-state index is 0.194. The Kier molecular flexibility index (Phi) is 4.72. The van der Waals surface area contributed by atoms with Gasteiger partial charge in [-0.3, -0.25) is 0 Å². The highest BCUT2D eigenvalue weighted by Gasteiger charge is 2.38. The summed E-state index contributed by atoms with van der Waals surface area (Å²) in [5, 5.41) is 11.6. The van der Waals surface area contributed by atoms with Gasteiger partial charge in [0.15, 0.2) is 0 Å². The van der Waals surface area contributed by atoms with Crippen molar-refractivity contribution in [2.75, 3.05) is 13.7 Å². The molecule has 1 heterocycles. The molecule has 1 aromatic rings. The van der Waals surface area contributed by atoms with Gasteiger partial charge in [-0.25, -0.2) is 4.68 Å². The number of aryl methyl sites for hydroxylation is 1. The Balaban J connectivity index is 2.16. The van der Waals surface area contributed by atoms with Crippen LogP contribution in [0.25, 0.3) is 0 Å². The molecular formula is C13H24N4O. The maximum absolute atomic E-state index is 5.94. The minimum atomic E-state index is 0.194. The van der Waals surface area contributed by atoms with Gasteiger partial charge in [-0.15, -0.1) is 5.10 Å². The van der Waals surface area contributed by atoms with Crippen molar-refractivity contribution in [1.82, 2.24) is 20.3 Å². The third-order valence-electron chi connectivity index (χ3n) is 3.49. The van der Waals surface area contributed by atoms with Crippen LogP contribution in [0.1, 0.15) is 44.8 Å². The molecule has 2 unspecified atom stereocenters. The molecule has 0 spiro atoms. The molecule has 2 atom stereocenters. The van der Waals surface area contributed by atoms with Crippen LogP contribution in [0.5, 0.6) is 0 Å². The number of ether oxygens (including phenoxy) is 1. The highest BCUT2D eigenvalue weighted by Crippen LogP contribution is 2.39. The van der Waals surface area contributed by atoms with Crippen molar-refractivity contribution in [3.63, 3.8) is 0 Å². The zero-order valence-electron chi connectivity index (χ0n) is 11.6. The second-order valence-electron chi connectivity index (χ2n) is 4.91. The van der Waals surface area contributed by atoms with Crippen molar-refractivity contribution in [3.8, 4) is 0 Å². The topological polar surface area (TPSA) is 52.0 Å². The fraction of sp³-hybridized carbons (Fsp3) is 0.846. The second-order valence-corrected chi connectivity index (χ2v) is 4.91. The SMILES string of the molecule is CCCn1nncc1C(NC)C(OCC)C1CC1. The zero-order chi connectivity index (χ0) is 13.0. The number of rotatable bonds is 8. The summed E-state index contributed by atoms with van der Waals surface area (Å²) in [4.78, 5) is 0. The van der Waals surface area contributed by atoms with Crippen LogP contribution in [-0.4, -0.2) is 34.8 Å². The Labute approximate surface area is 109 Å². The molecule has 1 saturated carbocycles. The molecule has 0 radical (unpaired) electrons. The van der Waals surface area contributed by atoms with Crippen molar-refractivity contribution in [2.24, 2.45) is 5.92 Å². The van der Waals surface area contributed by atoms with Gasteiger partial charge in [-0.2, -0.15) is 0 Å². The van der Waals surface area contributed by atoms with Gasteiger partial charge in [0, 0.05) is 13.2 Å². The molecule has 0 saturated heterocycles. The molecule has 1 fully saturated rings. The standard InChI is InChI=1S/C13H24N4O/c1-4-8-17-11(9-15-16-17)12(14-3)13(18-5-2)10-6-7-10/h9-10,12-14H,4-8H2,1-3H3. The third-order valence-corrected chi connectivity index (χ3v) is 3.49. The third kappa shape index (κ3) is 2.90. The first-order valence-corrected chi connectivity index (χ1v) is 6.99. The summed E-state index contributed by atoms with van der Waals surface area (Å²) >= 11 is 0. The van der Waals surface area contributed by atoms with E-state index in [0.717, 1.165) is 25.3 Å². The molecule has 1 aliphatic rings. The highest BCUT2D eigenvalue weighted by atomic mass is 16.5. The fourth-order valence-electron chi connectivity index (χ4n) is 2.49. The van der Waals surface area contributed by atoms with E-state index in [0.29, 0.717) is 5.92 Å². The van der Waals surface area contributed by atoms with E-state index in [1.165, 1.54) is 12.8 Å². The quantitative estimate of drug-likeness (QED) is 0.766. The number of hydrogen-bond acceptors (Lipinski definition) is 4. The van der Waals surface area contributed by atoms with Gasteiger partial charge in [0.1, 0.15) is 0 Å². The summed E-state index contributed by atoms with van der Waals surface area (Å²) in [7, 11) is 1.99. The Bertz CT molecular complexity index is 362. The summed E-state index contributed by atoms with van der Waals surface area (Å²) in [5.41, 5.74) is 1.14. The summed E-state index contributed by atoms with van der Waals surface area (Å²) in [6.45, 7) is 5.89. The smallest absolute Gasteiger partial charge is 0.0813 e. The summed E-state index contributed by atoms with van der Waals surface area (Å²) in [6.07, 6.45) is 5.73. The van der Waals surface area contributed by atoms with E-state index in [2.05, 4.69) is 29.5 Å². The molecule has 1 aromatic heterocycles. The zero-order valence-corrected chi connectivity index (χ0v) is 11.6. The molecule has 0 aliphatic heterocycles. The molecule has 18 heavy (non-hydrogen) atoms. The van der Waals surface area contributed by atoms with Crippen LogP contribution in [0.15, 0.2) is 6.20 Å². The minimum Gasteiger partial charge on any atom is -0.376 e. The maximum Gasteiger partial charge on any atom is 0.0813 e. The summed E-state index contributed by atoms with van der Waals surface area (Å²) in [6, 6.07) is 0.194. The Morgan fingerprint density at radius 3 is 2.83 bits per heavy atom. The second kappa shape index (κ2) is 6.29. The summed E-state index contributed by atoms with van der Waals surface area (Å²) in [5.74, 6) is 0.687. The van der Waals surface area contributed by atoms with Crippen LogP contribution in [-0.2, 0) is 11.3 Å². The van der Waals surface area contributed by atoms with Crippen LogP contribution in [0, 0.1) is 5.92 Å². The number of likely N-dealkylation sites (N-methyl/N-ethyl adjacent to an activating group) is 1. The molecule has 5 heteroatoms. The van der Waals surface area contributed by atoms with Gasteiger partial charge in [-0.05, 0) is 39.2 Å². The van der Waals surface area contributed by atoms with Crippen molar-refractivity contribution < 1.29 is 4.74 Å². The Hall–Kier alpha value is -0.940. The number of aromatic nitrogens is 3. The van der Waals surface area contributed by atoms with Gasteiger partial charge >= 0.3 is 0 Å². The molecule has 2 rings (SSSR count). The largest absolute Gasteiger partial charge is 0.376 e. The molecule has 0 bridgehead atoms. The fourth-order valence-corrected chi connectivity index (χ4v) is 2.49. The van der Waals surface area contributed by atoms with E-state index in [1.807, 2.05) is 17.9 Å². The van der Waals surface area contributed by atoms with Crippen LogP contribution >= 0.6 is 0 Å². The molecule has 0 amide bonds. The van der Waals surface area contributed by atoms with Gasteiger partial charge < -0.3 is 10.1 Å². The first-order chi connectivity index (χ1) is 8.81. The lowest BCUT2D eigenvalue weighted by Crippen LogP contribution is -2.35. The monoisotopic (exact) mass is 252 g/mol. The molecule has 1 N–H and O–H groups in total. The predicted octanol–water partition coefficient (Wildman–Crippen LogP) is 1.76. The molecule has 102 valence electrons. The highest BCUT2D eigenvalue weighted by molar-refractivity contribution is 5.08. The molecular weight excluding hydrogens is 228 g/mol. The maximum atomic E-state index is 5.94. The first kappa shape index (κ1) is 13.5. The molecule has 0 aromatic carbocycles. The van der Waals surface area contributed by atoms with Gasteiger partial charge in [-0.1, -0.05) is 12.1 Å². The average Bonchev–Trinajstić information content (AvgIpc) is 3.12. The Morgan fingerprint density at radius 1 is 1.50 bits per heavy atom. The van der Waals surface area contributed by atoms with Crippen LogP contribution < -0.4 is 5.32 Å². The van der Waals surface area contributed by atoms with Gasteiger partial charge in [0.05, 0.1) is 24.0 Å². The van der Waals surface area contributed by atoms with E-state index in [1.54, 1.807) is 0 Å². The van der Waals surface area contributed by atoms with E-state index < -0.39 is 0 Å². The lowest BCUT2D eigenvalue weighted by molar-refractivity contribution is 0.0183. The van der Waals surface area contributed by atoms with Gasteiger partial charge in [0.25, 0.3) is 0 Å². The number of nitrogens with one attached hydrogen (secondary N) is 1. The molecule has 5 nitrogen and oxygen atoms in total. The average molecular weight is 252 g/mol. The number of nitrogens with zero attached hydrogens (tertiary/aromatic N) is 3. The van der Waals surface area contributed by atoms with Crippen LogP contribution in [0.4, 0.5) is 0 Å². The van der Waals surface area contributed by atoms with E-state index >= 15 is 0 Å². The van der Waals surface area contributed by atoms with Crippen LogP contribution in [0.3, 0.4) is 0 Å². The van der Waals surface area contributed by atoms with Crippen molar-refractivity contribution >= 4 is 0 Å².